The SMILES string of the molecule is CN=C(NCc1coc(-c2cccs2)n1)N1CC2OCCN(Cc3ccccc3)C2C1.I. The zero-order valence-corrected chi connectivity index (χ0v) is 21.2. The van der Waals surface area contributed by atoms with Crippen molar-refractivity contribution in [3.8, 4) is 10.8 Å². The molecule has 0 saturated carbocycles. The van der Waals surface area contributed by atoms with Gasteiger partial charge in [-0.15, -0.1) is 35.3 Å². The molecule has 1 N–H and O–H groups in total. The molecule has 4 heterocycles. The number of halogens is 1. The Kier molecular flexibility index (Phi) is 7.82. The maximum atomic E-state index is 6.11. The summed E-state index contributed by atoms with van der Waals surface area (Å²) < 4.78 is 11.7. The number of morpholine rings is 1. The van der Waals surface area contributed by atoms with Crippen molar-refractivity contribution in [2.75, 3.05) is 33.3 Å². The van der Waals surface area contributed by atoms with Crippen molar-refractivity contribution in [3.63, 3.8) is 0 Å². The highest BCUT2D eigenvalue weighted by atomic mass is 127. The minimum absolute atomic E-state index is 0. The third-order valence-corrected chi connectivity index (χ3v) is 6.73. The highest BCUT2D eigenvalue weighted by Gasteiger charge is 2.41. The summed E-state index contributed by atoms with van der Waals surface area (Å²) >= 11 is 1.62. The lowest BCUT2D eigenvalue weighted by molar-refractivity contribution is -0.0502. The quantitative estimate of drug-likeness (QED) is 0.290. The van der Waals surface area contributed by atoms with Crippen molar-refractivity contribution in [1.29, 1.82) is 0 Å². The minimum Gasteiger partial charge on any atom is -0.443 e. The second-order valence-electron chi connectivity index (χ2n) is 7.86. The van der Waals surface area contributed by atoms with Crippen LogP contribution in [0, 0.1) is 0 Å². The fourth-order valence-electron chi connectivity index (χ4n) is 4.35. The first-order valence-electron chi connectivity index (χ1n) is 10.6. The number of thiophene rings is 1. The number of guanidine groups is 1. The lowest BCUT2D eigenvalue weighted by Gasteiger charge is -2.36. The van der Waals surface area contributed by atoms with Gasteiger partial charge < -0.3 is 19.4 Å². The lowest BCUT2D eigenvalue weighted by Crippen LogP contribution is -2.50. The number of benzene rings is 1. The Balaban J connectivity index is 0.00000245. The van der Waals surface area contributed by atoms with Gasteiger partial charge in [0.05, 0.1) is 35.9 Å². The van der Waals surface area contributed by atoms with Gasteiger partial charge >= 0.3 is 0 Å². The summed E-state index contributed by atoms with van der Waals surface area (Å²) in [4.78, 5) is 15.0. The summed E-state index contributed by atoms with van der Waals surface area (Å²) in [6.07, 6.45) is 1.91. The Hall–Kier alpha value is -1.95. The monoisotopic (exact) mass is 565 g/mol. The highest BCUT2D eigenvalue weighted by molar-refractivity contribution is 14.0. The molecule has 2 aliphatic rings. The molecule has 170 valence electrons. The molecule has 5 rings (SSSR count). The van der Waals surface area contributed by atoms with Gasteiger partial charge in [-0.3, -0.25) is 9.89 Å². The van der Waals surface area contributed by atoms with Gasteiger partial charge in [0.15, 0.2) is 5.96 Å². The van der Waals surface area contributed by atoms with Crippen molar-refractivity contribution in [1.82, 2.24) is 20.1 Å². The van der Waals surface area contributed by atoms with Crippen LogP contribution in [-0.4, -0.2) is 66.2 Å². The highest BCUT2D eigenvalue weighted by Crippen LogP contribution is 2.25. The molecule has 1 aromatic carbocycles. The van der Waals surface area contributed by atoms with E-state index in [0.717, 1.165) is 49.3 Å². The average molecular weight is 565 g/mol. The Morgan fingerprint density at radius 1 is 1.22 bits per heavy atom. The van der Waals surface area contributed by atoms with E-state index in [2.05, 4.69) is 55.4 Å². The Morgan fingerprint density at radius 3 is 2.88 bits per heavy atom. The second-order valence-corrected chi connectivity index (χ2v) is 8.81. The van der Waals surface area contributed by atoms with Gasteiger partial charge in [-0.2, -0.15) is 0 Å². The van der Waals surface area contributed by atoms with E-state index in [-0.39, 0.29) is 30.1 Å². The first-order valence-corrected chi connectivity index (χ1v) is 11.5. The molecule has 0 aliphatic carbocycles. The van der Waals surface area contributed by atoms with Crippen LogP contribution in [0.15, 0.2) is 63.5 Å². The smallest absolute Gasteiger partial charge is 0.236 e. The number of hydrogen-bond donors (Lipinski definition) is 1. The van der Waals surface area contributed by atoms with E-state index in [1.807, 2.05) is 24.6 Å². The number of aromatic nitrogens is 1. The van der Waals surface area contributed by atoms with Gasteiger partial charge in [-0.25, -0.2) is 4.98 Å². The summed E-state index contributed by atoms with van der Waals surface area (Å²) in [5.74, 6) is 1.54. The van der Waals surface area contributed by atoms with Crippen LogP contribution in [-0.2, 0) is 17.8 Å². The maximum absolute atomic E-state index is 6.11. The van der Waals surface area contributed by atoms with Crippen LogP contribution < -0.4 is 5.32 Å². The van der Waals surface area contributed by atoms with Crippen molar-refractivity contribution in [3.05, 3.63) is 65.4 Å². The summed E-state index contributed by atoms with van der Waals surface area (Å²) in [5, 5.41) is 5.47. The number of oxazole rings is 1. The molecular weight excluding hydrogens is 537 g/mol. The molecule has 2 aromatic heterocycles. The fraction of sp³-hybridized carbons (Fsp3) is 0.391. The molecule has 0 bridgehead atoms. The number of ether oxygens (including phenoxy) is 1. The molecule has 2 atom stereocenters. The van der Waals surface area contributed by atoms with Crippen molar-refractivity contribution >= 4 is 41.3 Å². The normalized spacial score (nSPS) is 21.3. The first-order chi connectivity index (χ1) is 15.3. The van der Waals surface area contributed by atoms with Gasteiger partial charge in [0, 0.05) is 33.2 Å². The van der Waals surface area contributed by atoms with Crippen LogP contribution in [0.5, 0.6) is 0 Å². The average Bonchev–Trinajstić information content (AvgIpc) is 3.55. The molecule has 2 unspecified atom stereocenters. The molecule has 2 aliphatic heterocycles. The molecule has 9 heteroatoms. The van der Waals surface area contributed by atoms with E-state index >= 15 is 0 Å². The zero-order valence-electron chi connectivity index (χ0n) is 18.0. The van der Waals surface area contributed by atoms with Crippen molar-refractivity contribution in [2.45, 2.75) is 25.2 Å². The van der Waals surface area contributed by atoms with Gasteiger partial charge in [0.25, 0.3) is 0 Å². The number of hydrogen-bond acceptors (Lipinski definition) is 6. The fourth-order valence-corrected chi connectivity index (χ4v) is 5.00. The molecule has 0 amide bonds. The van der Waals surface area contributed by atoms with Gasteiger partial charge in [0.1, 0.15) is 6.26 Å². The van der Waals surface area contributed by atoms with Gasteiger partial charge in [-0.1, -0.05) is 36.4 Å². The van der Waals surface area contributed by atoms with E-state index < -0.39 is 0 Å². The van der Waals surface area contributed by atoms with Crippen LogP contribution in [0.25, 0.3) is 10.8 Å². The summed E-state index contributed by atoms with van der Waals surface area (Å²) in [6, 6.07) is 15.0. The van der Waals surface area contributed by atoms with Crippen LogP contribution >= 0.6 is 35.3 Å². The number of nitrogens with zero attached hydrogens (tertiary/aromatic N) is 4. The number of likely N-dealkylation sites (tertiary alicyclic amines) is 1. The van der Waals surface area contributed by atoms with Gasteiger partial charge in [0.2, 0.25) is 5.89 Å². The van der Waals surface area contributed by atoms with Crippen molar-refractivity contribution < 1.29 is 9.15 Å². The molecule has 32 heavy (non-hydrogen) atoms. The van der Waals surface area contributed by atoms with Crippen molar-refractivity contribution in [2.24, 2.45) is 4.99 Å². The first kappa shape index (κ1) is 23.2. The Bertz CT molecular complexity index is 1010. The van der Waals surface area contributed by atoms with E-state index in [0.29, 0.717) is 18.5 Å². The third-order valence-electron chi connectivity index (χ3n) is 5.87. The summed E-state index contributed by atoms with van der Waals surface area (Å²) in [5.41, 5.74) is 2.21. The molecule has 2 saturated heterocycles. The summed E-state index contributed by atoms with van der Waals surface area (Å²) in [6.45, 7) is 5.00. The van der Waals surface area contributed by atoms with Crippen LogP contribution in [0.3, 0.4) is 0 Å². The van der Waals surface area contributed by atoms with Crippen LogP contribution in [0.1, 0.15) is 11.3 Å². The largest absolute Gasteiger partial charge is 0.443 e. The van der Waals surface area contributed by atoms with E-state index in [1.165, 1.54) is 5.56 Å². The minimum atomic E-state index is 0. The number of aliphatic imine (C=N–C) groups is 1. The number of fused-ring (bicyclic) bond motifs is 1. The lowest BCUT2D eigenvalue weighted by atomic mass is 10.1. The molecule has 2 fully saturated rings. The number of rotatable bonds is 5. The third kappa shape index (κ3) is 5.16. The van der Waals surface area contributed by atoms with E-state index in [9.17, 15) is 0 Å². The summed E-state index contributed by atoms with van der Waals surface area (Å²) in [7, 11) is 1.83. The molecule has 0 spiro atoms. The van der Waals surface area contributed by atoms with E-state index in [4.69, 9.17) is 9.15 Å². The molecule has 7 nitrogen and oxygen atoms in total. The predicted octanol–water partition coefficient (Wildman–Crippen LogP) is 3.68. The second kappa shape index (κ2) is 10.8. The zero-order chi connectivity index (χ0) is 21.0. The van der Waals surface area contributed by atoms with Crippen LogP contribution in [0.4, 0.5) is 0 Å². The van der Waals surface area contributed by atoms with E-state index in [1.54, 1.807) is 17.6 Å². The van der Waals surface area contributed by atoms with Crippen LogP contribution in [0.2, 0.25) is 0 Å². The maximum Gasteiger partial charge on any atom is 0.236 e. The molecule has 0 radical (unpaired) electrons. The molecular formula is C23H28IN5O2S. The standard InChI is InChI=1S/C23H27N5O2S.HI/c1-24-23(25-12-18-16-30-22(26-18)21-8-5-11-31-21)28-14-19-20(15-28)29-10-9-27(19)13-17-6-3-2-4-7-17;/h2-8,11,16,19-20H,9-10,12-15H2,1H3,(H,24,25);1H. The predicted molar refractivity (Wildman–Crippen MR) is 137 cm³/mol. The number of nitrogens with one attached hydrogen (secondary N) is 1. The Morgan fingerprint density at radius 2 is 2.09 bits per heavy atom. The topological polar surface area (TPSA) is 66.1 Å². The van der Waals surface area contributed by atoms with Gasteiger partial charge in [-0.05, 0) is 17.0 Å². The molecule has 3 aromatic rings. The Labute approximate surface area is 209 Å².